The van der Waals surface area contributed by atoms with Gasteiger partial charge in [0.05, 0.1) is 28.3 Å². The van der Waals surface area contributed by atoms with E-state index in [9.17, 15) is 0 Å². The van der Waals surface area contributed by atoms with Crippen LogP contribution >= 0.6 is 44.2 Å². The van der Waals surface area contributed by atoms with Crippen molar-refractivity contribution >= 4 is 55.6 Å². The van der Waals surface area contributed by atoms with Gasteiger partial charge in [-0.15, -0.1) is 28.3 Å². The first kappa shape index (κ1) is 15.9. The van der Waals surface area contributed by atoms with Gasteiger partial charge in [-0.3, -0.25) is 10.5 Å². The molecule has 0 bridgehead atoms. The minimum Gasteiger partial charge on any atom is -0.276 e. The van der Waals surface area contributed by atoms with Crippen molar-refractivity contribution in [1.82, 2.24) is 15.2 Å². The maximum Gasteiger partial charge on any atom is 0.203 e. The van der Waals surface area contributed by atoms with Gasteiger partial charge >= 0.3 is 0 Å². The van der Waals surface area contributed by atoms with E-state index < -0.39 is 0 Å². The third-order valence-electron chi connectivity index (χ3n) is 2.55. The number of hydrogen-bond donors (Lipinski definition) is 2. The standard InChI is InChI=1S/C13H10BrN5S.BrH/c14-10-6-15-18-11(10)7-16-19-13-17-12(8-20-13)9-4-2-1-3-5-9;/h1-8H,(H,15,18)(H,17,19);1H/b16-7+;. The van der Waals surface area contributed by atoms with E-state index in [2.05, 4.69) is 41.6 Å². The number of rotatable bonds is 4. The fraction of sp³-hybridized carbons (Fsp3) is 0. The molecule has 1 aromatic carbocycles. The second kappa shape index (κ2) is 7.48. The van der Waals surface area contributed by atoms with E-state index >= 15 is 0 Å². The molecule has 0 radical (unpaired) electrons. The molecule has 0 amide bonds. The molecule has 2 aromatic heterocycles. The van der Waals surface area contributed by atoms with Crippen LogP contribution in [-0.2, 0) is 0 Å². The Balaban J connectivity index is 0.00000161. The van der Waals surface area contributed by atoms with Gasteiger partial charge in [-0.2, -0.15) is 10.2 Å². The number of anilines is 1. The molecule has 21 heavy (non-hydrogen) atoms. The Bertz CT molecular complexity index is 723. The van der Waals surface area contributed by atoms with Crippen molar-refractivity contribution in [3.8, 4) is 11.3 Å². The molecule has 0 aliphatic carbocycles. The predicted octanol–water partition coefficient (Wildman–Crippen LogP) is 4.32. The maximum atomic E-state index is 4.48. The molecule has 0 saturated heterocycles. The Morgan fingerprint density at radius 2 is 2.10 bits per heavy atom. The molecular formula is C13H11Br2N5S. The molecule has 2 N–H and O–H groups in total. The monoisotopic (exact) mass is 427 g/mol. The van der Waals surface area contributed by atoms with Gasteiger partial charge in [0.1, 0.15) is 0 Å². The summed E-state index contributed by atoms with van der Waals surface area (Å²) in [5.74, 6) is 0. The predicted molar refractivity (Wildman–Crippen MR) is 95.4 cm³/mol. The zero-order valence-corrected chi connectivity index (χ0v) is 14.8. The summed E-state index contributed by atoms with van der Waals surface area (Å²) in [4.78, 5) is 4.48. The number of aromatic amines is 1. The van der Waals surface area contributed by atoms with Gasteiger partial charge in [-0.25, -0.2) is 4.98 Å². The van der Waals surface area contributed by atoms with Gasteiger partial charge in [0.25, 0.3) is 0 Å². The number of thiazole rings is 1. The molecule has 5 nitrogen and oxygen atoms in total. The van der Waals surface area contributed by atoms with Gasteiger partial charge in [-0.05, 0) is 15.9 Å². The first-order chi connectivity index (χ1) is 9.83. The average Bonchev–Trinajstić information content (AvgIpc) is 3.10. The molecule has 2 heterocycles. The Hall–Kier alpha value is -1.51. The zero-order chi connectivity index (χ0) is 13.8. The molecular weight excluding hydrogens is 418 g/mol. The summed E-state index contributed by atoms with van der Waals surface area (Å²) in [6.45, 7) is 0. The van der Waals surface area contributed by atoms with Crippen LogP contribution in [0.3, 0.4) is 0 Å². The first-order valence-electron chi connectivity index (χ1n) is 5.82. The minimum atomic E-state index is 0. The molecule has 0 spiro atoms. The van der Waals surface area contributed by atoms with E-state index in [-0.39, 0.29) is 17.0 Å². The molecule has 3 aromatic rings. The van der Waals surface area contributed by atoms with Crippen LogP contribution in [0.4, 0.5) is 5.13 Å². The van der Waals surface area contributed by atoms with E-state index in [4.69, 9.17) is 0 Å². The molecule has 3 rings (SSSR count). The molecule has 0 saturated carbocycles. The average molecular weight is 429 g/mol. The van der Waals surface area contributed by atoms with Crippen LogP contribution in [0.2, 0.25) is 0 Å². The number of benzene rings is 1. The zero-order valence-electron chi connectivity index (χ0n) is 10.7. The van der Waals surface area contributed by atoms with Gasteiger partial charge in [0, 0.05) is 10.9 Å². The molecule has 0 atom stereocenters. The van der Waals surface area contributed by atoms with Gasteiger partial charge in [0.15, 0.2) is 0 Å². The highest BCUT2D eigenvalue weighted by atomic mass is 79.9. The van der Waals surface area contributed by atoms with Crippen LogP contribution in [0.5, 0.6) is 0 Å². The summed E-state index contributed by atoms with van der Waals surface area (Å²) in [5.41, 5.74) is 5.75. The lowest BCUT2D eigenvalue weighted by molar-refractivity contribution is 1.08. The summed E-state index contributed by atoms with van der Waals surface area (Å²) in [6.07, 6.45) is 3.33. The summed E-state index contributed by atoms with van der Waals surface area (Å²) in [7, 11) is 0. The van der Waals surface area contributed by atoms with Crippen LogP contribution in [0.1, 0.15) is 5.69 Å². The topological polar surface area (TPSA) is 66.0 Å². The maximum absolute atomic E-state index is 4.48. The van der Waals surface area contributed by atoms with Crippen molar-refractivity contribution in [3.63, 3.8) is 0 Å². The highest BCUT2D eigenvalue weighted by Gasteiger charge is 2.03. The Kier molecular flexibility index (Phi) is 5.66. The van der Waals surface area contributed by atoms with Crippen LogP contribution in [0.25, 0.3) is 11.3 Å². The number of hydrazone groups is 1. The summed E-state index contributed by atoms with van der Waals surface area (Å²) in [5, 5.41) is 13.6. The smallest absolute Gasteiger partial charge is 0.203 e. The highest BCUT2D eigenvalue weighted by molar-refractivity contribution is 9.10. The lowest BCUT2D eigenvalue weighted by atomic mass is 10.2. The first-order valence-corrected chi connectivity index (χ1v) is 7.49. The van der Waals surface area contributed by atoms with Crippen LogP contribution in [0.15, 0.2) is 51.5 Å². The molecule has 8 heteroatoms. The summed E-state index contributed by atoms with van der Waals surface area (Å²) < 4.78 is 0.868. The minimum absolute atomic E-state index is 0. The summed E-state index contributed by atoms with van der Waals surface area (Å²) in [6, 6.07) is 10.0. The van der Waals surface area contributed by atoms with Crippen LogP contribution in [-0.4, -0.2) is 21.4 Å². The van der Waals surface area contributed by atoms with E-state index in [0.29, 0.717) is 0 Å². The van der Waals surface area contributed by atoms with Crippen molar-refractivity contribution in [2.45, 2.75) is 0 Å². The molecule has 0 unspecified atom stereocenters. The van der Waals surface area contributed by atoms with Crippen molar-refractivity contribution in [3.05, 3.63) is 52.1 Å². The molecule has 0 aliphatic rings. The lowest BCUT2D eigenvalue weighted by Crippen LogP contribution is -1.91. The second-order valence-corrected chi connectivity index (χ2v) is 5.62. The second-order valence-electron chi connectivity index (χ2n) is 3.91. The molecule has 0 aliphatic heterocycles. The number of halogens is 2. The Labute approximate surface area is 144 Å². The van der Waals surface area contributed by atoms with Crippen molar-refractivity contribution in [1.29, 1.82) is 0 Å². The normalized spacial score (nSPS) is 10.5. The number of nitrogens with zero attached hydrogens (tertiary/aromatic N) is 3. The number of aromatic nitrogens is 3. The van der Waals surface area contributed by atoms with E-state index in [1.54, 1.807) is 12.4 Å². The SMILES string of the molecule is Br.Brc1cn[nH]c1/C=N/Nc1nc(-c2ccccc2)cs1. The Morgan fingerprint density at radius 3 is 2.81 bits per heavy atom. The number of hydrogen-bond acceptors (Lipinski definition) is 5. The van der Waals surface area contributed by atoms with E-state index in [1.807, 2.05) is 35.7 Å². The number of H-pyrrole nitrogens is 1. The van der Waals surface area contributed by atoms with E-state index in [0.717, 1.165) is 26.6 Å². The molecule has 0 fully saturated rings. The highest BCUT2D eigenvalue weighted by Crippen LogP contribution is 2.24. The quantitative estimate of drug-likeness (QED) is 0.480. The number of nitrogens with one attached hydrogen (secondary N) is 2. The van der Waals surface area contributed by atoms with E-state index in [1.165, 1.54) is 11.3 Å². The van der Waals surface area contributed by atoms with Crippen LogP contribution in [0, 0.1) is 0 Å². The largest absolute Gasteiger partial charge is 0.276 e. The Morgan fingerprint density at radius 1 is 1.29 bits per heavy atom. The molecule has 108 valence electrons. The van der Waals surface area contributed by atoms with Crippen LogP contribution < -0.4 is 5.43 Å². The fourth-order valence-electron chi connectivity index (χ4n) is 1.59. The van der Waals surface area contributed by atoms with Gasteiger partial charge in [0.2, 0.25) is 5.13 Å². The van der Waals surface area contributed by atoms with Crippen molar-refractivity contribution < 1.29 is 0 Å². The third kappa shape index (κ3) is 3.99. The van der Waals surface area contributed by atoms with Crippen molar-refractivity contribution in [2.75, 3.05) is 5.43 Å². The van der Waals surface area contributed by atoms with Crippen molar-refractivity contribution in [2.24, 2.45) is 5.10 Å². The fourth-order valence-corrected chi connectivity index (χ4v) is 2.55. The third-order valence-corrected chi connectivity index (χ3v) is 3.93. The van der Waals surface area contributed by atoms with Gasteiger partial charge in [-0.1, -0.05) is 30.3 Å². The van der Waals surface area contributed by atoms with Gasteiger partial charge < -0.3 is 0 Å². The lowest BCUT2D eigenvalue weighted by Gasteiger charge is -1.95. The summed E-state index contributed by atoms with van der Waals surface area (Å²) >= 11 is 4.87.